The molecule has 2 fully saturated rings. The Hall–Kier alpha value is -0.120. The number of hydrogen-bond donors (Lipinski definition) is 1. The Morgan fingerprint density at radius 3 is 2.22 bits per heavy atom. The van der Waals surface area contributed by atoms with Crippen molar-refractivity contribution in [3.05, 3.63) is 0 Å². The van der Waals surface area contributed by atoms with Gasteiger partial charge in [-0.2, -0.15) is 0 Å². The fourth-order valence-electron chi connectivity index (χ4n) is 3.54. The molecule has 3 heteroatoms. The number of nitrogens with two attached hydrogens (primary N) is 1. The Balaban J connectivity index is 1.70. The highest BCUT2D eigenvalue weighted by molar-refractivity contribution is 4.84. The monoisotopic (exact) mass is 253 g/mol. The van der Waals surface area contributed by atoms with Crippen LogP contribution in [0.5, 0.6) is 0 Å². The van der Waals surface area contributed by atoms with E-state index in [4.69, 9.17) is 5.73 Å². The first-order valence-electron chi connectivity index (χ1n) is 7.87. The van der Waals surface area contributed by atoms with E-state index in [2.05, 4.69) is 23.8 Å². The third-order valence-corrected chi connectivity index (χ3v) is 5.02. The molecule has 0 unspecified atom stereocenters. The molecule has 1 aliphatic heterocycles. The predicted molar refractivity (Wildman–Crippen MR) is 77.7 cm³/mol. The first kappa shape index (κ1) is 14.3. The molecular formula is C15H31N3. The molecule has 0 amide bonds. The SMILES string of the molecule is CCN(C)CC1CCN(C2CCC(N)CC2)CC1. The zero-order chi connectivity index (χ0) is 13.0. The molecule has 0 bridgehead atoms. The van der Waals surface area contributed by atoms with Gasteiger partial charge in [-0.3, -0.25) is 0 Å². The van der Waals surface area contributed by atoms with Crippen molar-refractivity contribution in [3.8, 4) is 0 Å². The highest BCUT2D eigenvalue weighted by Crippen LogP contribution is 2.27. The third-order valence-electron chi connectivity index (χ3n) is 5.02. The van der Waals surface area contributed by atoms with Crippen molar-refractivity contribution >= 4 is 0 Å². The molecule has 0 radical (unpaired) electrons. The Labute approximate surface area is 113 Å². The zero-order valence-corrected chi connectivity index (χ0v) is 12.3. The van der Waals surface area contributed by atoms with E-state index >= 15 is 0 Å². The zero-order valence-electron chi connectivity index (χ0n) is 12.3. The average Bonchev–Trinajstić information content (AvgIpc) is 2.40. The molecular weight excluding hydrogens is 222 g/mol. The van der Waals surface area contributed by atoms with E-state index in [-0.39, 0.29) is 0 Å². The maximum atomic E-state index is 5.99. The van der Waals surface area contributed by atoms with Gasteiger partial charge in [-0.25, -0.2) is 0 Å². The Morgan fingerprint density at radius 2 is 1.67 bits per heavy atom. The highest BCUT2D eigenvalue weighted by Gasteiger charge is 2.28. The minimum Gasteiger partial charge on any atom is -0.328 e. The lowest BCUT2D eigenvalue weighted by Gasteiger charge is -2.41. The van der Waals surface area contributed by atoms with Crippen LogP contribution >= 0.6 is 0 Å². The van der Waals surface area contributed by atoms with Crippen molar-refractivity contribution in [1.29, 1.82) is 0 Å². The molecule has 3 nitrogen and oxygen atoms in total. The maximum absolute atomic E-state index is 5.99. The second-order valence-corrected chi connectivity index (χ2v) is 6.40. The van der Waals surface area contributed by atoms with E-state index < -0.39 is 0 Å². The molecule has 1 aliphatic carbocycles. The van der Waals surface area contributed by atoms with Gasteiger partial charge in [0.05, 0.1) is 0 Å². The van der Waals surface area contributed by atoms with E-state index in [9.17, 15) is 0 Å². The molecule has 0 aromatic rings. The van der Waals surface area contributed by atoms with E-state index in [0.717, 1.165) is 12.0 Å². The molecule has 18 heavy (non-hydrogen) atoms. The van der Waals surface area contributed by atoms with E-state index in [1.54, 1.807) is 0 Å². The standard InChI is InChI=1S/C15H31N3/c1-3-17(2)12-13-8-10-18(11-9-13)15-6-4-14(16)5-7-15/h13-15H,3-12,16H2,1-2H3. The number of piperidine rings is 1. The summed E-state index contributed by atoms with van der Waals surface area (Å²) in [7, 11) is 2.24. The summed E-state index contributed by atoms with van der Waals surface area (Å²) >= 11 is 0. The molecule has 0 aromatic heterocycles. The Bertz CT molecular complexity index is 228. The fourth-order valence-corrected chi connectivity index (χ4v) is 3.54. The summed E-state index contributed by atoms with van der Waals surface area (Å²) in [5.74, 6) is 0.928. The summed E-state index contributed by atoms with van der Waals surface area (Å²) in [5, 5.41) is 0. The van der Waals surface area contributed by atoms with Crippen molar-refractivity contribution in [2.75, 3.05) is 33.2 Å². The van der Waals surface area contributed by atoms with Crippen LogP contribution in [0.3, 0.4) is 0 Å². The van der Waals surface area contributed by atoms with Gasteiger partial charge >= 0.3 is 0 Å². The smallest absolute Gasteiger partial charge is 0.00964 e. The Kier molecular flexibility index (Phi) is 5.46. The van der Waals surface area contributed by atoms with Crippen molar-refractivity contribution in [2.24, 2.45) is 11.7 Å². The quantitative estimate of drug-likeness (QED) is 0.831. The lowest BCUT2D eigenvalue weighted by molar-refractivity contribution is 0.0926. The van der Waals surface area contributed by atoms with E-state index in [1.165, 1.54) is 64.7 Å². The van der Waals surface area contributed by atoms with Gasteiger partial charge in [0.2, 0.25) is 0 Å². The molecule has 0 aromatic carbocycles. The molecule has 2 N–H and O–H groups in total. The van der Waals surface area contributed by atoms with E-state index in [1.807, 2.05) is 0 Å². The minimum atomic E-state index is 0.483. The summed E-state index contributed by atoms with van der Waals surface area (Å²) in [4.78, 5) is 5.20. The van der Waals surface area contributed by atoms with Crippen LogP contribution in [0.2, 0.25) is 0 Å². The van der Waals surface area contributed by atoms with Gasteiger partial charge in [-0.15, -0.1) is 0 Å². The second-order valence-electron chi connectivity index (χ2n) is 6.40. The van der Waals surface area contributed by atoms with Gasteiger partial charge in [-0.05, 0) is 71.1 Å². The molecule has 1 heterocycles. The average molecular weight is 253 g/mol. The third kappa shape index (κ3) is 3.94. The number of hydrogen-bond acceptors (Lipinski definition) is 3. The van der Waals surface area contributed by atoms with Gasteiger partial charge in [0.25, 0.3) is 0 Å². The van der Waals surface area contributed by atoms with Crippen LogP contribution in [0.15, 0.2) is 0 Å². The molecule has 0 atom stereocenters. The fraction of sp³-hybridized carbons (Fsp3) is 1.00. The maximum Gasteiger partial charge on any atom is 0.00964 e. The normalized spacial score (nSPS) is 32.0. The highest BCUT2D eigenvalue weighted by atomic mass is 15.2. The predicted octanol–water partition coefficient (Wildman–Crippen LogP) is 1.92. The van der Waals surface area contributed by atoms with Gasteiger partial charge in [0.1, 0.15) is 0 Å². The van der Waals surface area contributed by atoms with Crippen LogP contribution in [0.25, 0.3) is 0 Å². The van der Waals surface area contributed by atoms with Crippen molar-refractivity contribution < 1.29 is 0 Å². The lowest BCUT2D eigenvalue weighted by atomic mass is 9.88. The molecule has 1 saturated heterocycles. The first-order valence-corrected chi connectivity index (χ1v) is 7.87. The van der Waals surface area contributed by atoms with Crippen LogP contribution in [-0.2, 0) is 0 Å². The van der Waals surface area contributed by atoms with Gasteiger partial charge in [-0.1, -0.05) is 6.92 Å². The summed E-state index contributed by atoms with van der Waals surface area (Å²) < 4.78 is 0. The number of nitrogens with zero attached hydrogens (tertiary/aromatic N) is 2. The van der Waals surface area contributed by atoms with E-state index in [0.29, 0.717) is 6.04 Å². The number of likely N-dealkylation sites (tertiary alicyclic amines) is 1. The molecule has 106 valence electrons. The van der Waals surface area contributed by atoms with Gasteiger partial charge in [0.15, 0.2) is 0 Å². The molecule has 0 spiro atoms. The van der Waals surface area contributed by atoms with Gasteiger partial charge in [0, 0.05) is 18.6 Å². The molecule has 1 saturated carbocycles. The first-order chi connectivity index (χ1) is 8.69. The largest absolute Gasteiger partial charge is 0.328 e. The van der Waals surface area contributed by atoms with Crippen LogP contribution in [0.4, 0.5) is 0 Å². The van der Waals surface area contributed by atoms with Crippen molar-refractivity contribution in [2.45, 2.75) is 57.5 Å². The molecule has 2 rings (SSSR count). The van der Waals surface area contributed by atoms with Crippen molar-refractivity contribution in [1.82, 2.24) is 9.80 Å². The van der Waals surface area contributed by atoms with Crippen LogP contribution in [0.1, 0.15) is 45.4 Å². The topological polar surface area (TPSA) is 32.5 Å². The number of rotatable bonds is 4. The summed E-state index contributed by atoms with van der Waals surface area (Å²) in [6, 6.07) is 1.33. The van der Waals surface area contributed by atoms with Crippen LogP contribution in [0, 0.1) is 5.92 Å². The van der Waals surface area contributed by atoms with Gasteiger partial charge < -0.3 is 15.5 Å². The molecule has 2 aliphatic rings. The van der Waals surface area contributed by atoms with Crippen LogP contribution < -0.4 is 5.73 Å². The van der Waals surface area contributed by atoms with Crippen LogP contribution in [-0.4, -0.2) is 55.1 Å². The summed E-state index contributed by atoms with van der Waals surface area (Å²) in [6.45, 7) is 7.37. The second kappa shape index (κ2) is 6.88. The van der Waals surface area contributed by atoms with Crippen molar-refractivity contribution in [3.63, 3.8) is 0 Å². The summed E-state index contributed by atoms with van der Waals surface area (Å²) in [6.07, 6.45) is 7.94. The summed E-state index contributed by atoms with van der Waals surface area (Å²) in [5.41, 5.74) is 5.99. The lowest BCUT2D eigenvalue weighted by Crippen LogP contribution is -2.46. The Morgan fingerprint density at radius 1 is 1.06 bits per heavy atom. The minimum absolute atomic E-state index is 0.483.